The summed E-state index contributed by atoms with van der Waals surface area (Å²) in [5.74, 6) is -0.115. The number of ether oxygens (including phenoxy) is 1. The number of hydrogen-bond donors (Lipinski definition) is 2. The van der Waals surface area contributed by atoms with Crippen LogP contribution in [0, 0.1) is 0 Å². The molecule has 1 unspecified atom stereocenters. The van der Waals surface area contributed by atoms with E-state index in [1.54, 1.807) is 24.5 Å². The van der Waals surface area contributed by atoms with E-state index in [9.17, 15) is 4.79 Å². The lowest BCUT2D eigenvalue weighted by atomic mass is 10.0. The molecule has 0 aliphatic carbocycles. The van der Waals surface area contributed by atoms with Gasteiger partial charge < -0.3 is 15.4 Å². The minimum Gasteiger partial charge on any atom is -0.380 e. The van der Waals surface area contributed by atoms with Crippen LogP contribution in [0.3, 0.4) is 0 Å². The lowest BCUT2D eigenvalue weighted by Crippen LogP contribution is -2.46. The number of carbonyl (C=O) groups excluding carboxylic acids is 1. The predicted octanol–water partition coefficient (Wildman–Crippen LogP) is 2.68. The monoisotopic (exact) mass is 380 g/mol. The summed E-state index contributed by atoms with van der Waals surface area (Å²) >= 11 is 0. The van der Waals surface area contributed by atoms with Crippen molar-refractivity contribution in [3.05, 3.63) is 59.9 Å². The second-order valence-corrected chi connectivity index (χ2v) is 7.60. The van der Waals surface area contributed by atoms with Crippen molar-refractivity contribution in [3.8, 4) is 0 Å². The van der Waals surface area contributed by atoms with Crippen LogP contribution in [0.15, 0.2) is 48.8 Å². The summed E-state index contributed by atoms with van der Waals surface area (Å²) < 4.78 is 5.52. The van der Waals surface area contributed by atoms with Gasteiger partial charge in [-0.25, -0.2) is 0 Å². The number of hydrogen-bond acceptors (Lipinski definition) is 5. The van der Waals surface area contributed by atoms with E-state index in [4.69, 9.17) is 4.74 Å². The topological polar surface area (TPSA) is 66.5 Å². The van der Waals surface area contributed by atoms with Gasteiger partial charge in [-0.3, -0.25) is 14.7 Å². The number of carbonyl (C=O) groups is 1. The van der Waals surface area contributed by atoms with Gasteiger partial charge in [0.05, 0.1) is 6.61 Å². The van der Waals surface area contributed by atoms with Crippen molar-refractivity contribution in [2.45, 2.75) is 37.9 Å². The normalized spacial score (nSPS) is 20.9. The van der Waals surface area contributed by atoms with Crippen molar-refractivity contribution in [2.24, 2.45) is 0 Å². The summed E-state index contributed by atoms with van der Waals surface area (Å²) in [4.78, 5) is 18.8. The van der Waals surface area contributed by atoms with Gasteiger partial charge in [0.1, 0.15) is 0 Å². The zero-order valence-corrected chi connectivity index (χ0v) is 16.1. The third-order valence-electron chi connectivity index (χ3n) is 5.67. The molecule has 0 bridgehead atoms. The number of nitrogens with zero attached hydrogens (tertiary/aromatic N) is 2. The van der Waals surface area contributed by atoms with Crippen molar-refractivity contribution in [1.29, 1.82) is 0 Å². The van der Waals surface area contributed by atoms with E-state index in [2.05, 4.69) is 26.6 Å². The third-order valence-corrected chi connectivity index (χ3v) is 5.67. The van der Waals surface area contributed by atoms with E-state index >= 15 is 0 Å². The molecule has 28 heavy (non-hydrogen) atoms. The Hall–Kier alpha value is -2.28. The number of likely N-dealkylation sites (tertiary alicyclic amines) is 1. The van der Waals surface area contributed by atoms with E-state index in [1.807, 2.05) is 18.2 Å². The fourth-order valence-corrected chi connectivity index (χ4v) is 4.01. The number of benzene rings is 1. The molecule has 2 N–H and O–H groups in total. The first-order chi connectivity index (χ1) is 13.8. The minimum absolute atomic E-state index is 0.115. The largest absolute Gasteiger partial charge is 0.380 e. The molecule has 148 valence electrons. The molecule has 4 rings (SSSR count). The van der Waals surface area contributed by atoms with Gasteiger partial charge in [-0.15, -0.1) is 0 Å². The number of piperidine rings is 1. The Morgan fingerprint density at radius 3 is 2.71 bits per heavy atom. The number of anilines is 1. The van der Waals surface area contributed by atoms with Crippen LogP contribution in [0.4, 0.5) is 5.69 Å². The summed E-state index contributed by atoms with van der Waals surface area (Å²) in [5.41, 5.74) is 2.61. The Morgan fingerprint density at radius 1 is 1.14 bits per heavy atom. The Kier molecular flexibility index (Phi) is 6.31. The summed E-state index contributed by atoms with van der Waals surface area (Å²) in [7, 11) is 0. The molecule has 3 heterocycles. The predicted molar refractivity (Wildman–Crippen MR) is 109 cm³/mol. The number of nitrogens with one attached hydrogen (secondary N) is 2. The van der Waals surface area contributed by atoms with Crippen molar-refractivity contribution in [2.75, 3.05) is 31.6 Å². The summed E-state index contributed by atoms with van der Waals surface area (Å²) in [5, 5.41) is 6.64. The molecule has 1 atom stereocenters. The molecule has 6 heteroatoms. The Bertz CT molecular complexity index is 769. The van der Waals surface area contributed by atoms with Crippen LogP contribution < -0.4 is 10.6 Å². The molecule has 2 aliphatic rings. The van der Waals surface area contributed by atoms with E-state index in [-0.39, 0.29) is 5.91 Å². The Morgan fingerprint density at radius 2 is 1.96 bits per heavy atom. The lowest BCUT2D eigenvalue weighted by Gasteiger charge is -2.35. The highest BCUT2D eigenvalue weighted by Crippen LogP contribution is 2.19. The molecule has 0 spiro atoms. The SMILES string of the molecule is O=C(Nc1cccc(CNC2CCN(C3CCOC3)CC2)c1)c1ccncc1. The highest BCUT2D eigenvalue weighted by Gasteiger charge is 2.27. The summed E-state index contributed by atoms with van der Waals surface area (Å²) in [6.07, 6.45) is 6.78. The smallest absolute Gasteiger partial charge is 0.255 e. The molecular weight excluding hydrogens is 352 g/mol. The second-order valence-electron chi connectivity index (χ2n) is 7.60. The average Bonchev–Trinajstić information content (AvgIpc) is 3.28. The third kappa shape index (κ3) is 4.95. The number of aromatic nitrogens is 1. The second kappa shape index (κ2) is 9.28. The highest BCUT2D eigenvalue weighted by atomic mass is 16.5. The molecule has 2 saturated heterocycles. The summed E-state index contributed by atoms with van der Waals surface area (Å²) in [6.45, 7) is 4.92. The quantitative estimate of drug-likeness (QED) is 0.807. The molecule has 0 radical (unpaired) electrons. The van der Waals surface area contributed by atoms with Gasteiger partial charge in [0, 0.05) is 62.0 Å². The van der Waals surface area contributed by atoms with Crippen LogP contribution in [0.1, 0.15) is 35.2 Å². The Labute approximate surface area is 166 Å². The molecule has 6 nitrogen and oxygen atoms in total. The van der Waals surface area contributed by atoms with Crippen LogP contribution in [0.5, 0.6) is 0 Å². The molecular formula is C22H28N4O2. The van der Waals surface area contributed by atoms with Crippen molar-refractivity contribution in [3.63, 3.8) is 0 Å². The lowest BCUT2D eigenvalue weighted by molar-refractivity contribution is 0.102. The number of amides is 1. The zero-order chi connectivity index (χ0) is 19.2. The first-order valence-electron chi connectivity index (χ1n) is 10.1. The van der Waals surface area contributed by atoms with E-state index in [1.165, 1.54) is 24.8 Å². The molecule has 2 fully saturated rings. The van der Waals surface area contributed by atoms with Crippen molar-refractivity contribution in [1.82, 2.24) is 15.2 Å². The standard InChI is InChI=1S/C22H28N4O2/c27-22(18-4-9-23-10-5-18)25-20-3-1-2-17(14-20)15-24-19-6-11-26(12-7-19)21-8-13-28-16-21/h1-5,9-10,14,19,21,24H,6-8,11-13,15-16H2,(H,25,27). The van der Waals surface area contributed by atoms with Crippen molar-refractivity contribution >= 4 is 11.6 Å². The van der Waals surface area contributed by atoms with E-state index < -0.39 is 0 Å². The van der Waals surface area contributed by atoms with Gasteiger partial charge in [-0.1, -0.05) is 12.1 Å². The molecule has 2 aliphatic heterocycles. The van der Waals surface area contributed by atoms with Crippen LogP contribution in [-0.4, -0.2) is 54.2 Å². The average molecular weight is 380 g/mol. The summed E-state index contributed by atoms with van der Waals surface area (Å²) in [6, 6.07) is 12.6. The first kappa shape index (κ1) is 19.1. The van der Waals surface area contributed by atoms with Crippen LogP contribution in [0.25, 0.3) is 0 Å². The van der Waals surface area contributed by atoms with Gasteiger partial charge >= 0.3 is 0 Å². The maximum atomic E-state index is 12.3. The maximum Gasteiger partial charge on any atom is 0.255 e. The molecule has 1 aromatic carbocycles. The van der Waals surface area contributed by atoms with Crippen LogP contribution in [-0.2, 0) is 11.3 Å². The first-order valence-corrected chi connectivity index (χ1v) is 10.1. The van der Waals surface area contributed by atoms with Crippen LogP contribution in [0.2, 0.25) is 0 Å². The van der Waals surface area contributed by atoms with E-state index in [0.717, 1.165) is 38.5 Å². The highest BCUT2D eigenvalue weighted by molar-refractivity contribution is 6.04. The molecule has 1 amide bonds. The van der Waals surface area contributed by atoms with Gasteiger partial charge in [0.2, 0.25) is 0 Å². The number of rotatable bonds is 6. The van der Waals surface area contributed by atoms with E-state index in [0.29, 0.717) is 17.6 Å². The molecule has 0 saturated carbocycles. The fourth-order valence-electron chi connectivity index (χ4n) is 4.01. The van der Waals surface area contributed by atoms with Gasteiger partial charge in [-0.2, -0.15) is 0 Å². The molecule has 1 aromatic heterocycles. The maximum absolute atomic E-state index is 12.3. The fraction of sp³-hybridized carbons (Fsp3) is 0.455. The number of pyridine rings is 1. The Balaban J connectivity index is 1.25. The zero-order valence-electron chi connectivity index (χ0n) is 16.1. The molecule has 2 aromatic rings. The minimum atomic E-state index is -0.115. The van der Waals surface area contributed by atoms with Gasteiger partial charge in [-0.05, 0) is 49.1 Å². The van der Waals surface area contributed by atoms with Gasteiger partial charge in [0.25, 0.3) is 5.91 Å². The van der Waals surface area contributed by atoms with Crippen molar-refractivity contribution < 1.29 is 9.53 Å². The van der Waals surface area contributed by atoms with Gasteiger partial charge in [0.15, 0.2) is 0 Å². The van der Waals surface area contributed by atoms with Crippen LogP contribution >= 0.6 is 0 Å².